The first kappa shape index (κ1) is 8.99. The molecule has 0 bridgehead atoms. The van der Waals surface area contributed by atoms with Crippen molar-refractivity contribution in [1.29, 1.82) is 0 Å². The minimum absolute atomic E-state index is 0.00407. The third-order valence-electron chi connectivity index (χ3n) is 1.85. The average molecular weight is 173 g/mol. The lowest BCUT2D eigenvalue weighted by atomic mass is 10.1. The first-order valence-corrected chi connectivity index (χ1v) is 3.70. The Morgan fingerprint density at radius 3 is 2.92 bits per heavy atom. The molecule has 1 saturated heterocycles. The van der Waals surface area contributed by atoms with Crippen molar-refractivity contribution in [1.82, 2.24) is 4.90 Å². The van der Waals surface area contributed by atoms with E-state index in [-0.39, 0.29) is 25.2 Å². The lowest BCUT2D eigenvalue weighted by molar-refractivity contribution is -0.139. The molecular weight excluding hydrogens is 162 g/mol. The van der Waals surface area contributed by atoms with Gasteiger partial charge in [-0.05, 0) is 13.5 Å². The molecule has 1 fully saturated rings. The summed E-state index contributed by atoms with van der Waals surface area (Å²) < 4.78 is 4.70. The van der Waals surface area contributed by atoms with Crippen molar-refractivity contribution in [3.05, 3.63) is 0 Å². The number of carbonyl (C=O) groups excluding carboxylic acids is 1. The number of esters is 1. The van der Waals surface area contributed by atoms with E-state index in [1.54, 1.807) is 11.9 Å². The van der Waals surface area contributed by atoms with Crippen LogP contribution >= 0.6 is 0 Å². The summed E-state index contributed by atoms with van der Waals surface area (Å²) in [5, 5.41) is 8.38. The molecule has 12 heavy (non-hydrogen) atoms. The summed E-state index contributed by atoms with van der Waals surface area (Å²) in [5.74, 6) is -1.21. The van der Waals surface area contributed by atoms with Gasteiger partial charge in [0, 0.05) is 6.42 Å². The second kappa shape index (κ2) is 3.53. The maximum Gasteiger partial charge on any atom is 0.324 e. The van der Waals surface area contributed by atoms with Crippen LogP contribution in [0.25, 0.3) is 0 Å². The van der Waals surface area contributed by atoms with Crippen molar-refractivity contribution in [2.24, 2.45) is 0 Å². The molecule has 0 radical (unpaired) electrons. The summed E-state index contributed by atoms with van der Waals surface area (Å²) in [7, 11) is 1.73. The van der Waals surface area contributed by atoms with Crippen LogP contribution in [0.5, 0.6) is 0 Å². The molecule has 1 heterocycles. The van der Waals surface area contributed by atoms with Crippen LogP contribution in [0.15, 0.2) is 0 Å². The van der Waals surface area contributed by atoms with Gasteiger partial charge in [-0.1, -0.05) is 0 Å². The quantitative estimate of drug-likeness (QED) is 0.592. The number of aliphatic carboxylic acids is 1. The smallest absolute Gasteiger partial charge is 0.324 e. The lowest BCUT2D eigenvalue weighted by Gasteiger charge is -2.11. The predicted molar refractivity (Wildman–Crippen MR) is 39.4 cm³/mol. The second-order valence-corrected chi connectivity index (χ2v) is 2.80. The van der Waals surface area contributed by atoms with Crippen molar-refractivity contribution in [2.75, 3.05) is 13.8 Å². The number of carboxylic acids is 1. The molecule has 5 nitrogen and oxygen atoms in total. The maximum atomic E-state index is 10.9. The summed E-state index contributed by atoms with van der Waals surface area (Å²) in [4.78, 5) is 22.8. The fourth-order valence-corrected chi connectivity index (χ4v) is 1.13. The van der Waals surface area contributed by atoms with Gasteiger partial charge in [-0.25, -0.2) is 0 Å². The molecule has 5 heteroatoms. The fraction of sp³-hybridized carbons (Fsp3) is 0.714. The average Bonchev–Trinajstić information content (AvgIpc) is 2.28. The van der Waals surface area contributed by atoms with Crippen LogP contribution in [0.3, 0.4) is 0 Å². The fourth-order valence-electron chi connectivity index (χ4n) is 1.13. The summed E-state index contributed by atoms with van der Waals surface area (Å²) >= 11 is 0. The number of hydrogen-bond donors (Lipinski definition) is 1. The molecule has 1 aliphatic rings. The van der Waals surface area contributed by atoms with Crippen LogP contribution in [-0.4, -0.2) is 41.8 Å². The van der Waals surface area contributed by atoms with E-state index in [0.29, 0.717) is 6.42 Å². The van der Waals surface area contributed by atoms with Crippen molar-refractivity contribution < 1.29 is 19.4 Å². The SMILES string of the molecule is CN1COC(=O)[C@@H]1CCC(=O)O. The van der Waals surface area contributed by atoms with Gasteiger partial charge in [-0.2, -0.15) is 0 Å². The Kier molecular flexibility index (Phi) is 2.65. The topological polar surface area (TPSA) is 66.8 Å². The second-order valence-electron chi connectivity index (χ2n) is 2.80. The molecule has 0 saturated carbocycles. The number of hydrogen-bond acceptors (Lipinski definition) is 4. The van der Waals surface area contributed by atoms with Gasteiger partial charge in [0.15, 0.2) is 0 Å². The number of cyclic esters (lactones) is 1. The molecule has 0 amide bonds. The molecular formula is C7H11NO4. The normalized spacial score (nSPS) is 24.1. The number of ether oxygens (including phenoxy) is 1. The highest BCUT2D eigenvalue weighted by Crippen LogP contribution is 2.13. The Labute approximate surface area is 69.9 Å². The first-order valence-electron chi connectivity index (χ1n) is 3.70. The van der Waals surface area contributed by atoms with Gasteiger partial charge >= 0.3 is 11.9 Å². The zero-order valence-corrected chi connectivity index (χ0v) is 6.82. The third-order valence-corrected chi connectivity index (χ3v) is 1.85. The summed E-state index contributed by atoms with van der Waals surface area (Å²) in [6.07, 6.45) is 0.328. The van der Waals surface area contributed by atoms with Gasteiger partial charge in [0.25, 0.3) is 0 Å². The van der Waals surface area contributed by atoms with Gasteiger partial charge in [0.1, 0.15) is 12.8 Å². The van der Waals surface area contributed by atoms with Crippen LogP contribution < -0.4 is 0 Å². The van der Waals surface area contributed by atoms with Gasteiger partial charge < -0.3 is 9.84 Å². The van der Waals surface area contributed by atoms with Gasteiger partial charge in [-0.3, -0.25) is 14.5 Å². The predicted octanol–water partition coefficient (Wildman–Crippen LogP) is -0.334. The Hall–Kier alpha value is -1.10. The molecule has 0 aliphatic carbocycles. The molecule has 0 aromatic carbocycles. The Bertz CT molecular complexity index is 204. The Balaban J connectivity index is 2.39. The molecule has 0 aromatic heterocycles. The largest absolute Gasteiger partial charge is 0.481 e. The van der Waals surface area contributed by atoms with Crippen molar-refractivity contribution >= 4 is 11.9 Å². The van der Waals surface area contributed by atoms with Crippen LogP contribution in [0.4, 0.5) is 0 Å². The summed E-state index contributed by atoms with van der Waals surface area (Å²) in [5.41, 5.74) is 0. The van der Waals surface area contributed by atoms with Crippen molar-refractivity contribution in [2.45, 2.75) is 18.9 Å². The highest BCUT2D eigenvalue weighted by molar-refractivity contribution is 5.78. The zero-order valence-electron chi connectivity index (χ0n) is 6.82. The Morgan fingerprint density at radius 1 is 1.83 bits per heavy atom. The Morgan fingerprint density at radius 2 is 2.50 bits per heavy atom. The van der Waals surface area contributed by atoms with Crippen LogP contribution in [0, 0.1) is 0 Å². The van der Waals surface area contributed by atoms with E-state index in [2.05, 4.69) is 0 Å². The van der Waals surface area contributed by atoms with E-state index in [1.807, 2.05) is 0 Å². The summed E-state index contributed by atoms with van der Waals surface area (Å²) in [6.45, 7) is 0.267. The van der Waals surface area contributed by atoms with Crippen molar-refractivity contribution in [3.63, 3.8) is 0 Å². The van der Waals surface area contributed by atoms with E-state index in [1.165, 1.54) is 0 Å². The van der Waals surface area contributed by atoms with Crippen LogP contribution in [0.1, 0.15) is 12.8 Å². The number of carboxylic acid groups (broad SMARTS) is 1. The van der Waals surface area contributed by atoms with Gasteiger partial charge in [-0.15, -0.1) is 0 Å². The van der Waals surface area contributed by atoms with Gasteiger partial charge in [0.05, 0.1) is 0 Å². The molecule has 1 atom stereocenters. The monoisotopic (exact) mass is 173 g/mol. The first-order chi connectivity index (χ1) is 5.61. The van der Waals surface area contributed by atoms with Crippen LogP contribution in [0.2, 0.25) is 0 Å². The van der Waals surface area contributed by atoms with E-state index >= 15 is 0 Å². The van der Waals surface area contributed by atoms with Crippen LogP contribution in [-0.2, 0) is 14.3 Å². The minimum Gasteiger partial charge on any atom is -0.481 e. The molecule has 1 aliphatic heterocycles. The minimum atomic E-state index is -0.886. The molecule has 1 N–H and O–H groups in total. The summed E-state index contributed by atoms with van der Waals surface area (Å²) in [6, 6.07) is -0.374. The molecule has 68 valence electrons. The van der Waals surface area contributed by atoms with Gasteiger partial charge in [0.2, 0.25) is 0 Å². The molecule has 0 spiro atoms. The lowest BCUT2D eigenvalue weighted by Crippen LogP contribution is -2.30. The van der Waals surface area contributed by atoms with Crippen molar-refractivity contribution in [3.8, 4) is 0 Å². The maximum absolute atomic E-state index is 10.9. The molecule has 1 rings (SSSR count). The standard InChI is InChI=1S/C7H11NO4/c1-8-4-12-7(11)5(8)2-3-6(9)10/h5H,2-4H2,1H3,(H,9,10)/t5-/m0/s1. The third kappa shape index (κ3) is 1.94. The number of carbonyl (C=O) groups is 2. The molecule has 0 aromatic rings. The van der Waals surface area contributed by atoms with E-state index in [0.717, 1.165) is 0 Å². The highest BCUT2D eigenvalue weighted by Gasteiger charge is 2.31. The number of nitrogens with zero attached hydrogens (tertiary/aromatic N) is 1. The number of rotatable bonds is 3. The molecule has 0 unspecified atom stereocenters. The van der Waals surface area contributed by atoms with E-state index in [4.69, 9.17) is 9.84 Å². The number of likely N-dealkylation sites (N-methyl/N-ethyl adjacent to an activating group) is 1. The zero-order chi connectivity index (χ0) is 9.14. The van der Waals surface area contributed by atoms with E-state index < -0.39 is 5.97 Å². The highest BCUT2D eigenvalue weighted by atomic mass is 16.6. The van der Waals surface area contributed by atoms with E-state index in [9.17, 15) is 9.59 Å².